The van der Waals surface area contributed by atoms with Crippen LogP contribution < -0.4 is 15.5 Å². The van der Waals surface area contributed by atoms with Crippen molar-refractivity contribution in [2.45, 2.75) is 33.0 Å². The Morgan fingerprint density at radius 1 is 1.24 bits per heavy atom. The molecule has 154 valence electrons. The Bertz CT molecular complexity index is 851. The normalized spacial score (nSPS) is 18.1. The van der Waals surface area contributed by atoms with E-state index >= 15 is 0 Å². The van der Waals surface area contributed by atoms with E-state index in [9.17, 15) is 4.79 Å². The number of ether oxygens (including phenoxy) is 1. The highest BCUT2D eigenvalue weighted by Gasteiger charge is 2.26. The predicted octanol–water partition coefficient (Wildman–Crippen LogP) is 2.53. The first-order chi connectivity index (χ1) is 14.1. The summed E-state index contributed by atoms with van der Waals surface area (Å²) in [6.45, 7) is 10.0. The van der Waals surface area contributed by atoms with Crippen LogP contribution in [0.25, 0.3) is 0 Å². The lowest BCUT2D eigenvalue weighted by Gasteiger charge is -2.27. The first-order valence-corrected chi connectivity index (χ1v) is 10.2. The average molecular weight is 396 g/mol. The van der Waals surface area contributed by atoms with Gasteiger partial charge in [-0.3, -0.25) is 9.80 Å². The van der Waals surface area contributed by atoms with Gasteiger partial charge in [0.05, 0.1) is 11.6 Å². The van der Waals surface area contributed by atoms with Gasteiger partial charge in [0.15, 0.2) is 0 Å². The van der Waals surface area contributed by atoms with Gasteiger partial charge in [0, 0.05) is 45.5 Å². The van der Waals surface area contributed by atoms with E-state index in [1.807, 2.05) is 6.92 Å². The number of rotatable bonds is 6. The predicted molar refractivity (Wildman–Crippen MR) is 112 cm³/mol. The molecule has 2 aliphatic rings. The second-order valence-electron chi connectivity index (χ2n) is 7.48. The first-order valence-electron chi connectivity index (χ1n) is 10.2. The molecule has 0 radical (unpaired) electrons. The van der Waals surface area contributed by atoms with Gasteiger partial charge in [0.25, 0.3) is 0 Å². The molecule has 1 amide bonds. The van der Waals surface area contributed by atoms with E-state index in [-0.39, 0.29) is 18.7 Å². The lowest BCUT2D eigenvalue weighted by atomic mass is 10.1. The van der Waals surface area contributed by atoms with Gasteiger partial charge in [-0.15, -0.1) is 0 Å². The third-order valence-corrected chi connectivity index (χ3v) is 5.43. The number of nitrogens with one attached hydrogen (secondary N) is 2. The minimum absolute atomic E-state index is 0.0481. The number of fused-ring (bicyclic) bond motifs is 1. The molecule has 1 atom stereocenters. The highest BCUT2D eigenvalue weighted by molar-refractivity contribution is 5.89. The molecular weight excluding hydrogens is 368 g/mol. The number of cyclic esters (lactones) is 1. The maximum Gasteiger partial charge on any atom is 0.415 e. The second-order valence-corrected chi connectivity index (χ2v) is 7.48. The van der Waals surface area contributed by atoms with E-state index in [2.05, 4.69) is 56.7 Å². The van der Waals surface area contributed by atoms with E-state index in [1.54, 1.807) is 6.20 Å². The van der Waals surface area contributed by atoms with Gasteiger partial charge in [-0.2, -0.15) is 4.98 Å². The van der Waals surface area contributed by atoms with Crippen molar-refractivity contribution >= 4 is 17.9 Å². The van der Waals surface area contributed by atoms with Crippen LogP contribution in [0.3, 0.4) is 0 Å². The quantitative estimate of drug-likeness (QED) is 0.776. The number of aromatic nitrogens is 2. The van der Waals surface area contributed by atoms with Crippen LogP contribution in [0.5, 0.6) is 0 Å². The van der Waals surface area contributed by atoms with Gasteiger partial charge in [0.1, 0.15) is 12.4 Å². The van der Waals surface area contributed by atoms with Crippen molar-refractivity contribution in [3.8, 4) is 0 Å². The number of carbonyl (C=O) groups excluding carboxylic acids is 1. The molecular formula is C21H28N6O2. The number of carbonyl (C=O) groups is 1. The Kier molecular flexibility index (Phi) is 5.92. The van der Waals surface area contributed by atoms with Crippen molar-refractivity contribution in [1.29, 1.82) is 0 Å². The number of nitrogens with zero attached hydrogens (tertiary/aromatic N) is 4. The van der Waals surface area contributed by atoms with Crippen molar-refractivity contribution in [3.05, 3.63) is 47.2 Å². The van der Waals surface area contributed by atoms with Crippen LogP contribution in [0.4, 0.5) is 16.6 Å². The zero-order chi connectivity index (χ0) is 20.2. The van der Waals surface area contributed by atoms with Gasteiger partial charge in [-0.25, -0.2) is 9.78 Å². The zero-order valence-electron chi connectivity index (χ0n) is 17.0. The van der Waals surface area contributed by atoms with Crippen LogP contribution in [0.1, 0.15) is 36.6 Å². The van der Waals surface area contributed by atoms with Crippen molar-refractivity contribution < 1.29 is 9.53 Å². The summed E-state index contributed by atoms with van der Waals surface area (Å²) in [4.78, 5) is 24.9. The summed E-state index contributed by atoms with van der Waals surface area (Å²) in [5.41, 5.74) is 3.31. The Balaban J connectivity index is 1.42. The molecule has 1 aromatic carbocycles. The van der Waals surface area contributed by atoms with Crippen LogP contribution in [0, 0.1) is 0 Å². The summed E-state index contributed by atoms with van der Waals surface area (Å²) in [7, 11) is 0. The molecule has 4 rings (SSSR count). The number of benzene rings is 1. The molecule has 29 heavy (non-hydrogen) atoms. The van der Waals surface area contributed by atoms with Gasteiger partial charge in [-0.05, 0) is 25.0 Å². The number of hydrogen-bond acceptors (Lipinski definition) is 7. The molecule has 8 nitrogen and oxygen atoms in total. The Hall–Kier alpha value is -2.71. The summed E-state index contributed by atoms with van der Waals surface area (Å²) in [5.74, 6) is 1.13. The van der Waals surface area contributed by atoms with Gasteiger partial charge in [0.2, 0.25) is 5.95 Å². The SMILES string of the molecule is CCN1C(=O)OCc2cnc(NC(C)c3ccc(CN4CCNCC4)cc3)nc21. The molecule has 2 aliphatic heterocycles. The number of amides is 1. The molecule has 0 spiro atoms. The number of hydrogen-bond donors (Lipinski definition) is 2. The topological polar surface area (TPSA) is 82.6 Å². The van der Waals surface area contributed by atoms with Gasteiger partial charge >= 0.3 is 6.09 Å². The molecule has 2 aromatic rings. The first kappa shape index (κ1) is 19.6. The summed E-state index contributed by atoms with van der Waals surface area (Å²) < 4.78 is 5.14. The maximum absolute atomic E-state index is 11.9. The Morgan fingerprint density at radius 2 is 2.00 bits per heavy atom. The second kappa shape index (κ2) is 8.75. The third kappa shape index (κ3) is 4.49. The van der Waals surface area contributed by atoms with Crippen LogP contribution in [0.15, 0.2) is 30.5 Å². The standard InChI is InChI=1S/C21H28N6O2/c1-3-27-19-18(14-29-21(27)28)12-23-20(25-19)24-15(2)17-6-4-16(5-7-17)13-26-10-8-22-9-11-26/h4-7,12,15,22H,3,8-11,13-14H2,1-2H3,(H,23,24,25). The maximum atomic E-state index is 11.9. The number of piperazine rings is 1. The number of anilines is 2. The zero-order valence-corrected chi connectivity index (χ0v) is 17.0. The van der Waals surface area contributed by atoms with E-state index < -0.39 is 0 Å². The molecule has 1 saturated heterocycles. The van der Waals surface area contributed by atoms with Crippen LogP contribution in [0.2, 0.25) is 0 Å². The molecule has 1 aromatic heterocycles. The summed E-state index contributed by atoms with van der Waals surface area (Å²) in [5, 5.41) is 6.73. The fraction of sp³-hybridized carbons (Fsp3) is 0.476. The Morgan fingerprint density at radius 3 is 2.72 bits per heavy atom. The van der Waals surface area contributed by atoms with Crippen molar-refractivity contribution in [2.24, 2.45) is 0 Å². The van der Waals surface area contributed by atoms with E-state index in [0.29, 0.717) is 18.3 Å². The molecule has 2 N–H and O–H groups in total. The molecule has 3 heterocycles. The summed E-state index contributed by atoms with van der Waals surface area (Å²) in [6, 6.07) is 8.75. The molecule has 1 fully saturated rings. The minimum Gasteiger partial charge on any atom is -0.444 e. The van der Waals surface area contributed by atoms with Crippen molar-refractivity contribution in [3.63, 3.8) is 0 Å². The minimum atomic E-state index is -0.363. The monoisotopic (exact) mass is 396 g/mol. The van der Waals surface area contributed by atoms with Crippen LogP contribution >= 0.6 is 0 Å². The molecule has 0 bridgehead atoms. The average Bonchev–Trinajstić information content (AvgIpc) is 2.75. The Labute approximate surface area is 171 Å². The van der Waals surface area contributed by atoms with Gasteiger partial charge < -0.3 is 15.4 Å². The van der Waals surface area contributed by atoms with Crippen LogP contribution in [-0.2, 0) is 17.9 Å². The fourth-order valence-electron chi connectivity index (χ4n) is 3.70. The molecule has 1 unspecified atom stereocenters. The van der Waals surface area contributed by atoms with E-state index in [0.717, 1.165) is 38.3 Å². The van der Waals surface area contributed by atoms with Crippen molar-refractivity contribution in [1.82, 2.24) is 20.2 Å². The summed E-state index contributed by atoms with van der Waals surface area (Å²) in [6.07, 6.45) is 1.36. The van der Waals surface area contributed by atoms with Gasteiger partial charge in [-0.1, -0.05) is 24.3 Å². The molecule has 0 aliphatic carbocycles. The molecule has 0 saturated carbocycles. The third-order valence-electron chi connectivity index (χ3n) is 5.43. The summed E-state index contributed by atoms with van der Waals surface area (Å²) >= 11 is 0. The van der Waals surface area contributed by atoms with E-state index in [4.69, 9.17) is 4.74 Å². The highest BCUT2D eigenvalue weighted by Crippen LogP contribution is 2.26. The van der Waals surface area contributed by atoms with E-state index in [1.165, 1.54) is 16.0 Å². The lowest BCUT2D eigenvalue weighted by molar-refractivity contribution is 0.141. The smallest absolute Gasteiger partial charge is 0.415 e. The highest BCUT2D eigenvalue weighted by atomic mass is 16.6. The molecule has 8 heteroatoms. The lowest BCUT2D eigenvalue weighted by Crippen LogP contribution is -2.42. The fourth-order valence-corrected chi connectivity index (χ4v) is 3.70. The largest absolute Gasteiger partial charge is 0.444 e. The van der Waals surface area contributed by atoms with Crippen LogP contribution in [-0.4, -0.2) is 53.7 Å². The van der Waals surface area contributed by atoms with Crippen molar-refractivity contribution in [2.75, 3.05) is 42.9 Å².